The molecule has 2 aromatic rings. The fraction of sp³-hybridized carbons (Fsp3) is 0.409. The van der Waals surface area contributed by atoms with Crippen molar-refractivity contribution in [1.29, 1.82) is 0 Å². The highest BCUT2D eigenvalue weighted by molar-refractivity contribution is 6.12. The number of rotatable bonds is 3. The molecule has 0 fully saturated rings. The number of hydrogen-bond donors (Lipinski definition) is 1. The highest BCUT2D eigenvalue weighted by Gasteiger charge is 2.18. The molecule has 4 heteroatoms. The maximum absolute atomic E-state index is 4.97. The standard InChI is InChI=1S/C22H30N4/c1-12-10-21(23-25-17(6)13(2)14(3)18(25)7)22(11-12)24-26-19(8)15(4)16(5)20(26)9/h10-11H,1-9H3,(H,23,24). The normalized spacial score (nSPS) is 15.7. The van der Waals surface area contributed by atoms with Crippen molar-refractivity contribution in [3.8, 4) is 0 Å². The topological polar surface area (TPSA) is 34.2 Å². The average Bonchev–Trinajstić information content (AvgIpc) is 3.11. The van der Waals surface area contributed by atoms with Gasteiger partial charge in [0.2, 0.25) is 0 Å². The molecule has 1 aliphatic rings. The first-order chi connectivity index (χ1) is 12.1. The van der Waals surface area contributed by atoms with Crippen LogP contribution in [0.4, 0.5) is 0 Å². The van der Waals surface area contributed by atoms with Gasteiger partial charge in [0.25, 0.3) is 0 Å². The fourth-order valence-electron chi connectivity index (χ4n) is 3.60. The van der Waals surface area contributed by atoms with Gasteiger partial charge in [0.1, 0.15) is 5.71 Å². The van der Waals surface area contributed by atoms with Crippen LogP contribution >= 0.6 is 0 Å². The van der Waals surface area contributed by atoms with Crippen LogP contribution in [0.3, 0.4) is 0 Å². The van der Waals surface area contributed by atoms with Crippen LogP contribution in [0.2, 0.25) is 0 Å². The van der Waals surface area contributed by atoms with Gasteiger partial charge in [0.05, 0.1) is 5.70 Å². The SMILES string of the molecule is CC1=C/C(=N/n2c(C)c(C)c(C)c2C)C(Nn2c(C)c(C)c(C)c2C)=C1. The fourth-order valence-corrected chi connectivity index (χ4v) is 3.60. The molecule has 26 heavy (non-hydrogen) atoms. The Morgan fingerprint density at radius 3 is 1.62 bits per heavy atom. The molecule has 0 aromatic carbocycles. The molecule has 0 amide bonds. The largest absolute Gasteiger partial charge is 0.292 e. The third kappa shape index (κ3) is 2.74. The minimum Gasteiger partial charge on any atom is -0.292 e. The Morgan fingerprint density at radius 2 is 1.12 bits per heavy atom. The Hall–Kier alpha value is -2.49. The molecule has 3 rings (SSSR count). The van der Waals surface area contributed by atoms with Crippen LogP contribution in [-0.2, 0) is 0 Å². The quantitative estimate of drug-likeness (QED) is 0.826. The second-order valence-electron chi connectivity index (χ2n) is 7.53. The third-order valence-electron chi connectivity index (χ3n) is 6.05. The summed E-state index contributed by atoms with van der Waals surface area (Å²) in [4.78, 5) is 0. The van der Waals surface area contributed by atoms with Crippen LogP contribution in [0.1, 0.15) is 52.0 Å². The van der Waals surface area contributed by atoms with E-state index in [2.05, 4.69) is 89.2 Å². The van der Waals surface area contributed by atoms with E-state index in [1.54, 1.807) is 0 Å². The van der Waals surface area contributed by atoms with Gasteiger partial charge in [-0.1, -0.05) is 0 Å². The first-order valence-electron chi connectivity index (χ1n) is 9.20. The van der Waals surface area contributed by atoms with Crippen molar-refractivity contribution >= 4 is 5.71 Å². The average molecular weight is 351 g/mol. The molecule has 0 saturated carbocycles. The Balaban J connectivity index is 2.04. The van der Waals surface area contributed by atoms with Crippen molar-refractivity contribution < 1.29 is 0 Å². The van der Waals surface area contributed by atoms with Crippen molar-refractivity contribution in [3.05, 3.63) is 68.5 Å². The molecule has 0 aliphatic heterocycles. The van der Waals surface area contributed by atoms with Crippen LogP contribution in [0, 0.1) is 55.4 Å². The zero-order valence-corrected chi connectivity index (χ0v) is 17.5. The van der Waals surface area contributed by atoms with Gasteiger partial charge in [-0.25, -0.2) is 4.68 Å². The van der Waals surface area contributed by atoms with Crippen LogP contribution < -0.4 is 5.43 Å². The number of nitrogens with one attached hydrogen (secondary N) is 1. The summed E-state index contributed by atoms with van der Waals surface area (Å²) >= 11 is 0. The molecule has 0 radical (unpaired) electrons. The zero-order valence-electron chi connectivity index (χ0n) is 17.5. The summed E-state index contributed by atoms with van der Waals surface area (Å²) in [5, 5.41) is 4.97. The molecule has 0 bridgehead atoms. The molecule has 2 heterocycles. The lowest BCUT2D eigenvalue weighted by Crippen LogP contribution is -2.21. The smallest absolute Gasteiger partial charge is 0.109 e. The van der Waals surface area contributed by atoms with Crippen molar-refractivity contribution in [3.63, 3.8) is 0 Å². The summed E-state index contributed by atoms with van der Waals surface area (Å²) in [6.07, 6.45) is 4.30. The summed E-state index contributed by atoms with van der Waals surface area (Å²) in [5.41, 5.74) is 17.0. The summed E-state index contributed by atoms with van der Waals surface area (Å²) in [6.45, 7) is 19.4. The van der Waals surface area contributed by atoms with Gasteiger partial charge in [0, 0.05) is 22.8 Å². The van der Waals surface area contributed by atoms with Gasteiger partial charge >= 0.3 is 0 Å². The van der Waals surface area contributed by atoms with Crippen molar-refractivity contribution in [2.45, 2.75) is 62.3 Å². The predicted octanol–water partition coefficient (Wildman–Crippen LogP) is 5.05. The number of allylic oxidation sites excluding steroid dienone is 3. The lowest BCUT2D eigenvalue weighted by Gasteiger charge is -2.15. The molecule has 1 N–H and O–H groups in total. The lowest BCUT2D eigenvalue weighted by atomic mass is 10.2. The van der Waals surface area contributed by atoms with Gasteiger partial charge in [-0.05, 0) is 102 Å². The molecular weight excluding hydrogens is 320 g/mol. The van der Waals surface area contributed by atoms with Crippen LogP contribution in [-0.4, -0.2) is 15.1 Å². The Labute approximate surface area is 156 Å². The molecule has 2 aromatic heterocycles. The molecule has 0 saturated heterocycles. The summed E-state index contributed by atoms with van der Waals surface area (Å²) in [5.74, 6) is 0. The van der Waals surface area contributed by atoms with E-state index < -0.39 is 0 Å². The second kappa shape index (κ2) is 6.35. The molecule has 4 nitrogen and oxygen atoms in total. The van der Waals surface area contributed by atoms with Gasteiger partial charge in [-0.15, -0.1) is 0 Å². The van der Waals surface area contributed by atoms with Gasteiger partial charge in [-0.3, -0.25) is 10.1 Å². The van der Waals surface area contributed by atoms with E-state index in [4.69, 9.17) is 5.10 Å². The predicted molar refractivity (Wildman–Crippen MR) is 111 cm³/mol. The first-order valence-corrected chi connectivity index (χ1v) is 9.20. The highest BCUT2D eigenvalue weighted by Crippen LogP contribution is 2.24. The van der Waals surface area contributed by atoms with E-state index >= 15 is 0 Å². The third-order valence-corrected chi connectivity index (χ3v) is 6.05. The number of hydrogen-bond acceptors (Lipinski definition) is 2. The van der Waals surface area contributed by atoms with Crippen LogP contribution in [0.25, 0.3) is 0 Å². The molecule has 1 aliphatic carbocycles. The Kier molecular flexibility index (Phi) is 4.47. The first kappa shape index (κ1) is 18.3. The Morgan fingerprint density at radius 1 is 0.654 bits per heavy atom. The maximum Gasteiger partial charge on any atom is 0.109 e. The minimum atomic E-state index is 0.964. The molecule has 0 spiro atoms. The van der Waals surface area contributed by atoms with E-state index in [0.29, 0.717) is 0 Å². The van der Waals surface area contributed by atoms with E-state index in [1.807, 2.05) is 0 Å². The van der Waals surface area contributed by atoms with Crippen molar-refractivity contribution in [2.24, 2.45) is 5.10 Å². The monoisotopic (exact) mass is 350 g/mol. The van der Waals surface area contributed by atoms with Crippen molar-refractivity contribution in [1.82, 2.24) is 9.35 Å². The van der Waals surface area contributed by atoms with Crippen LogP contribution in [0.15, 0.2) is 28.5 Å². The Bertz CT molecular complexity index is 939. The van der Waals surface area contributed by atoms with E-state index in [-0.39, 0.29) is 0 Å². The molecule has 138 valence electrons. The van der Waals surface area contributed by atoms with Gasteiger partial charge in [-0.2, -0.15) is 5.10 Å². The molecule has 0 atom stereocenters. The van der Waals surface area contributed by atoms with E-state index in [9.17, 15) is 0 Å². The highest BCUT2D eigenvalue weighted by atomic mass is 15.4. The summed E-state index contributed by atoms with van der Waals surface area (Å²) in [6, 6.07) is 0. The maximum atomic E-state index is 4.97. The summed E-state index contributed by atoms with van der Waals surface area (Å²) in [7, 11) is 0. The minimum absolute atomic E-state index is 0.964. The molecular formula is C22H30N4. The lowest BCUT2D eigenvalue weighted by molar-refractivity contribution is 0.805. The zero-order chi connectivity index (χ0) is 19.3. The van der Waals surface area contributed by atoms with Crippen molar-refractivity contribution in [2.75, 3.05) is 5.43 Å². The van der Waals surface area contributed by atoms with E-state index in [1.165, 1.54) is 50.6 Å². The van der Waals surface area contributed by atoms with Crippen LogP contribution in [0.5, 0.6) is 0 Å². The van der Waals surface area contributed by atoms with Gasteiger partial charge in [0.15, 0.2) is 0 Å². The summed E-state index contributed by atoms with van der Waals surface area (Å²) < 4.78 is 4.24. The van der Waals surface area contributed by atoms with E-state index in [0.717, 1.165) is 11.4 Å². The van der Waals surface area contributed by atoms with Gasteiger partial charge < -0.3 is 0 Å². The number of nitrogens with zero attached hydrogens (tertiary/aromatic N) is 3. The number of aromatic nitrogens is 2. The molecule has 0 unspecified atom stereocenters. The second-order valence-corrected chi connectivity index (χ2v) is 7.53.